The minimum atomic E-state index is -0.388. The highest BCUT2D eigenvalue weighted by Crippen LogP contribution is 2.41. The number of esters is 1. The average molecular weight is 327 g/mol. The number of rotatable bonds is 6. The van der Waals surface area contributed by atoms with Gasteiger partial charge in [0.25, 0.3) is 0 Å². The van der Waals surface area contributed by atoms with E-state index >= 15 is 0 Å². The van der Waals surface area contributed by atoms with Gasteiger partial charge in [0.15, 0.2) is 5.69 Å². The number of aromatic nitrogens is 2. The largest absolute Gasteiger partial charge is 0.461 e. The normalized spacial score (nSPS) is 25.2. The lowest BCUT2D eigenvalue weighted by atomic mass is 9.67. The van der Waals surface area contributed by atoms with Crippen molar-refractivity contribution in [1.29, 1.82) is 0 Å². The maximum absolute atomic E-state index is 11.9. The summed E-state index contributed by atoms with van der Waals surface area (Å²) in [4.78, 5) is 20.2. The third-order valence-electron chi connectivity index (χ3n) is 5.00. The van der Waals surface area contributed by atoms with E-state index in [1.165, 1.54) is 25.6 Å². The maximum atomic E-state index is 11.9. The Morgan fingerprint density at radius 2 is 2.17 bits per heavy atom. The van der Waals surface area contributed by atoms with E-state index in [1.54, 1.807) is 6.92 Å². The van der Waals surface area contributed by atoms with Crippen LogP contribution in [0, 0.1) is 24.7 Å². The molecular formula is C19H25N3O2. The van der Waals surface area contributed by atoms with Gasteiger partial charge in [-0.25, -0.2) is 14.8 Å². The van der Waals surface area contributed by atoms with Crippen molar-refractivity contribution in [2.24, 2.45) is 17.8 Å². The molecule has 0 bridgehead atoms. The van der Waals surface area contributed by atoms with Crippen LogP contribution in [0.3, 0.4) is 0 Å². The van der Waals surface area contributed by atoms with Crippen molar-refractivity contribution in [2.45, 2.75) is 33.1 Å². The summed E-state index contributed by atoms with van der Waals surface area (Å²) in [5, 5.41) is 3.38. The summed E-state index contributed by atoms with van der Waals surface area (Å²) < 4.78 is 5.03. The number of carbonyl (C=O) groups excluding carboxylic acids is 1. The number of carbonyl (C=O) groups is 1. The quantitative estimate of drug-likeness (QED) is 0.810. The minimum Gasteiger partial charge on any atom is -0.461 e. The van der Waals surface area contributed by atoms with Crippen molar-refractivity contribution in [3.8, 4) is 0 Å². The Bertz CT molecular complexity index is 648. The Morgan fingerprint density at radius 3 is 2.88 bits per heavy atom. The van der Waals surface area contributed by atoms with Crippen molar-refractivity contribution < 1.29 is 9.53 Å². The van der Waals surface area contributed by atoms with Gasteiger partial charge in [-0.1, -0.05) is 24.3 Å². The summed E-state index contributed by atoms with van der Waals surface area (Å²) in [6, 6.07) is 0. The first-order chi connectivity index (χ1) is 11.7. The number of hydrogen-bond acceptors (Lipinski definition) is 5. The first-order valence-electron chi connectivity index (χ1n) is 8.75. The molecule has 1 aromatic rings. The molecule has 0 aromatic carbocycles. The molecule has 3 rings (SSSR count). The molecule has 1 fully saturated rings. The van der Waals surface area contributed by atoms with Gasteiger partial charge in [0.1, 0.15) is 12.1 Å². The smallest absolute Gasteiger partial charge is 0.357 e. The van der Waals surface area contributed by atoms with Crippen LogP contribution in [0.25, 0.3) is 0 Å². The van der Waals surface area contributed by atoms with Crippen LogP contribution in [0.5, 0.6) is 0 Å². The third-order valence-corrected chi connectivity index (χ3v) is 5.00. The lowest BCUT2D eigenvalue weighted by Crippen LogP contribution is -2.34. The molecule has 1 heterocycles. The summed E-state index contributed by atoms with van der Waals surface area (Å²) >= 11 is 0. The highest BCUT2D eigenvalue weighted by Gasteiger charge is 2.33. The molecule has 2 aliphatic rings. The molecule has 128 valence electrons. The van der Waals surface area contributed by atoms with Gasteiger partial charge in [-0.05, 0) is 50.9 Å². The van der Waals surface area contributed by atoms with Crippen molar-refractivity contribution in [2.75, 3.05) is 18.5 Å². The first kappa shape index (κ1) is 16.7. The van der Waals surface area contributed by atoms with E-state index in [0.717, 1.165) is 23.8 Å². The first-order valence-corrected chi connectivity index (χ1v) is 8.75. The molecule has 1 aromatic heterocycles. The van der Waals surface area contributed by atoms with Crippen LogP contribution in [0.15, 0.2) is 30.6 Å². The van der Waals surface area contributed by atoms with Crippen molar-refractivity contribution in [1.82, 2.24) is 9.97 Å². The highest BCUT2D eigenvalue weighted by atomic mass is 16.5. The van der Waals surface area contributed by atoms with Crippen LogP contribution >= 0.6 is 0 Å². The van der Waals surface area contributed by atoms with Gasteiger partial charge < -0.3 is 10.1 Å². The number of nitrogens with zero attached hydrogens (tertiary/aromatic N) is 2. The second-order valence-electron chi connectivity index (χ2n) is 6.61. The van der Waals surface area contributed by atoms with Crippen LogP contribution in [0.2, 0.25) is 0 Å². The zero-order valence-corrected chi connectivity index (χ0v) is 14.4. The van der Waals surface area contributed by atoms with Crippen LogP contribution in [0.1, 0.15) is 42.2 Å². The fraction of sp³-hybridized carbons (Fsp3) is 0.526. The molecule has 0 aliphatic heterocycles. The van der Waals surface area contributed by atoms with E-state index in [4.69, 9.17) is 4.74 Å². The topological polar surface area (TPSA) is 64.1 Å². The average Bonchev–Trinajstić information content (AvgIpc) is 2.56. The summed E-state index contributed by atoms with van der Waals surface area (Å²) in [6.45, 7) is 4.89. The van der Waals surface area contributed by atoms with Gasteiger partial charge in [-0.3, -0.25) is 0 Å². The van der Waals surface area contributed by atoms with Crippen LogP contribution < -0.4 is 5.32 Å². The van der Waals surface area contributed by atoms with Gasteiger partial charge in [0.2, 0.25) is 0 Å². The molecule has 5 heteroatoms. The van der Waals surface area contributed by atoms with E-state index < -0.39 is 0 Å². The monoisotopic (exact) mass is 327 g/mol. The Hall–Kier alpha value is -2.17. The molecule has 2 aliphatic carbocycles. The zero-order valence-electron chi connectivity index (χ0n) is 14.4. The summed E-state index contributed by atoms with van der Waals surface area (Å²) in [5.41, 5.74) is 1.10. The molecule has 0 spiro atoms. The standard InChI is InChI=1S/C19H25N3O2/c1-3-24-19(23)17-13(2)18(22-12-21-17)20-11-14-9-16(10-14)15-7-5-4-6-8-15/h4-7,12,14-16H,3,8-11H2,1-2H3,(H,20,21,22). The summed E-state index contributed by atoms with van der Waals surface area (Å²) in [5.74, 6) is 2.54. The second kappa shape index (κ2) is 7.60. The van der Waals surface area contributed by atoms with E-state index in [0.29, 0.717) is 24.1 Å². The lowest BCUT2D eigenvalue weighted by molar-refractivity contribution is 0.0518. The molecule has 0 radical (unpaired) electrons. The molecule has 24 heavy (non-hydrogen) atoms. The van der Waals surface area contributed by atoms with E-state index in [9.17, 15) is 4.79 Å². The SMILES string of the molecule is CCOC(=O)c1ncnc(NCC2CC(C3C=CC=CC3)C2)c1C. The highest BCUT2D eigenvalue weighted by molar-refractivity contribution is 5.90. The summed E-state index contributed by atoms with van der Waals surface area (Å²) in [7, 11) is 0. The Kier molecular flexibility index (Phi) is 5.28. The number of allylic oxidation sites excluding steroid dienone is 4. The Labute approximate surface area is 143 Å². The molecule has 5 nitrogen and oxygen atoms in total. The molecule has 0 saturated heterocycles. The second-order valence-corrected chi connectivity index (χ2v) is 6.61. The molecule has 1 atom stereocenters. The predicted molar refractivity (Wildman–Crippen MR) is 93.8 cm³/mol. The molecule has 1 unspecified atom stereocenters. The van der Waals surface area contributed by atoms with Gasteiger partial charge in [0, 0.05) is 12.1 Å². The van der Waals surface area contributed by atoms with Gasteiger partial charge in [-0.15, -0.1) is 0 Å². The van der Waals surface area contributed by atoms with Crippen LogP contribution in [0.4, 0.5) is 5.82 Å². The van der Waals surface area contributed by atoms with E-state index in [2.05, 4.69) is 39.6 Å². The number of nitrogens with one attached hydrogen (secondary N) is 1. The molecule has 1 N–H and O–H groups in total. The van der Waals surface area contributed by atoms with Gasteiger partial charge in [-0.2, -0.15) is 0 Å². The molecule has 1 saturated carbocycles. The van der Waals surface area contributed by atoms with Gasteiger partial charge in [0.05, 0.1) is 6.61 Å². The fourth-order valence-electron chi connectivity index (χ4n) is 3.53. The number of ether oxygens (including phenoxy) is 1. The third kappa shape index (κ3) is 3.66. The summed E-state index contributed by atoms with van der Waals surface area (Å²) in [6.07, 6.45) is 14.0. The van der Waals surface area contributed by atoms with Crippen LogP contribution in [-0.4, -0.2) is 29.1 Å². The van der Waals surface area contributed by atoms with E-state index in [1.807, 2.05) is 6.92 Å². The lowest BCUT2D eigenvalue weighted by Gasteiger charge is -2.40. The fourth-order valence-corrected chi connectivity index (χ4v) is 3.53. The number of hydrogen-bond donors (Lipinski definition) is 1. The Morgan fingerprint density at radius 1 is 1.33 bits per heavy atom. The minimum absolute atomic E-state index is 0.347. The zero-order chi connectivity index (χ0) is 16.9. The number of anilines is 1. The van der Waals surface area contributed by atoms with Crippen LogP contribution in [-0.2, 0) is 4.74 Å². The van der Waals surface area contributed by atoms with Crippen molar-refractivity contribution >= 4 is 11.8 Å². The maximum Gasteiger partial charge on any atom is 0.357 e. The predicted octanol–water partition coefficient (Wildman–Crippen LogP) is 3.53. The molecular weight excluding hydrogens is 302 g/mol. The molecule has 0 amide bonds. The Balaban J connectivity index is 1.51. The van der Waals surface area contributed by atoms with E-state index in [-0.39, 0.29) is 5.97 Å². The van der Waals surface area contributed by atoms with Crippen molar-refractivity contribution in [3.05, 3.63) is 41.9 Å². The van der Waals surface area contributed by atoms with Gasteiger partial charge >= 0.3 is 5.97 Å². The van der Waals surface area contributed by atoms with Crippen molar-refractivity contribution in [3.63, 3.8) is 0 Å².